The Morgan fingerprint density at radius 1 is 0.692 bits per heavy atom. The van der Waals surface area contributed by atoms with Crippen molar-refractivity contribution in [1.29, 1.82) is 0 Å². The summed E-state index contributed by atoms with van der Waals surface area (Å²) in [6.07, 6.45) is 5.26. The maximum absolute atomic E-state index is 6.31. The molecule has 0 fully saturated rings. The minimum absolute atomic E-state index is 0. The summed E-state index contributed by atoms with van der Waals surface area (Å²) in [6, 6.07) is 41.8. The predicted octanol–water partition coefficient (Wildman–Crippen LogP) is 6.90. The van der Waals surface area contributed by atoms with Crippen LogP contribution in [-0.4, -0.2) is 20.0 Å². The molecule has 3 heterocycles. The SMILES string of the molecule is [Pt+2].[c-]1c(Oc2[c-]c(C3(c4ccccn4)c4ccccc4Sc4ccccc43)ccc2)cccc1-n1ccnn1. The zero-order chi connectivity index (χ0) is 25.4. The molecule has 0 radical (unpaired) electrons. The van der Waals surface area contributed by atoms with E-state index in [4.69, 9.17) is 9.72 Å². The number of hydrogen-bond acceptors (Lipinski definition) is 5. The Hall–Kier alpha value is -3.99. The van der Waals surface area contributed by atoms with Crippen molar-refractivity contribution < 1.29 is 25.8 Å². The maximum Gasteiger partial charge on any atom is 2.00 e. The third kappa shape index (κ3) is 4.40. The average molecular weight is 704 g/mol. The quantitative estimate of drug-likeness (QED) is 0.183. The van der Waals surface area contributed by atoms with Gasteiger partial charge < -0.3 is 4.74 Å². The van der Waals surface area contributed by atoms with Gasteiger partial charge in [0.1, 0.15) is 0 Å². The molecule has 2 aromatic heterocycles. The summed E-state index contributed by atoms with van der Waals surface area (Å²) in [6.45, 7) is 0. The Bertz CT molecular complexity index is 1700. The number of ether oxygens (including phenoxy) is 1. The van der Waals surface area contributed by atoms with Gasteiger partial charge in [-0.1, -0.05) is 59.4 Å². The van der Waals surface area contributed by atoms with Crippen molar-refractivity contribution in [2.75, 3.05) is 0 Å². The molecule has 7 rings (SSSR count). The summed E-state index contributed by atoms with van der Waals surface area (Å²) < 4.78 is 7.96. The number of rotatable bonds is 5. The van der Waals surface area contributed by atoms with Gasteiger partial charge in [0, 0.05) is 33.7 Å². The number of pyridine rings is 1. The Balaban J connectivity index is 0.00000277. The van der Waals surface area contributed by atoms with Gasteiger partial charge >= 0.3 is 21.1 Å². The van der Waals surface area contributed by atoms with Crippen LogP contribution in [0.4, 0.5) is 0 Å². The maximum atomic E-state index is 6.31. The fourth-order valence-electron chi connectivity index (χ4n) is 5.09. The van der Waals surface area contributed by atoms with Crippen molar-refractivity contribution in [3.8, 4) is 17.2 Å². The summed E-state index contributed by atoms with van der Waals surface area (Å²) in [4.78, 5) is 7.31. The van der Waals surface area contributed by atoms with Gasteiger partial charge in [-0.05, 0) is 41.1 Å². The Morgan fingerprint density at radius 2 is 1.38 bits per heavy atom. The van der Waals surface area contributed by atoms with Crippen molar-refractivity contribution in [3.63, 3.8) is 0 Å². The van der Waals surface area contributed by atoms with Gasteiger partial charge in [0.15, 0.2) is 0 Å². The van der Waals surface area contributed by atoms with E-state index in [1.165, 1.54) is 20.9 Å². The molecule has 0 aliphatic carbocycles. The van der Waals surface area contributed by atoms with E-state index in [0.717, 1.165) is 16.9 Å². The second-order valence-corrected chi connectivity index (χ2v) is 9.92. The molecule has 39 heavy (non-hydrogen) atoms. The van der Waals surface area contributed by atoms with Gasteiger partial charge in [-0.15, -0.1) is 41.0 Å². The molecule has 6 aromatic rings. The zero-order valence-corrected chi connectivity index (χ0v) is 23.6. The van der Waals surface area contributed by atoms with Gasteiger partial charge in [0.05, 0.1) is 17.3 Å². The van der Waals surface area contributed by atoms with Crippen LogP contribution in [0.1, 0.15) is 22.4 Å². The Morgan fingerprint density at radius 3 is 2.08 bits per heavy atom. The second-order valence-electron chi connectivity index (χ2n) is 8.84. The van der Waals surface area contributed by atoms with Crippen LogP contribution in [0.5, 0.6) is 11.5 Å². The molecule has 0 saturated heterocycles. The molecule has 0 N–H and O–H groups in total. The molecular weight excluding hydrogens is 684 g/mol. The van der Waals surface area contributed by atoms with Crippen LogP contribution in [0.2, 0.25) is 0 Å². The van der Waals surface area contributed by atoms with Gasteiger partial charge in [-0.2, -0.15) is 18.2 Å². The van der Waals surface area contributed by atoms with Gasteiger partial charge in [-0.25, -0.2) is 4.68 Å². The number of nitrogens with zero attached hydrogens (tertiary/aromatic N) is 4. The molecule has 1 aliphatic rings. The van der Waals surface area contributed by atoms with Gasteiger partial charge in [0.2, 0.25) is 0 Å². The minimum Gasteiger partial charge on any atom is -0.509 e. The standard InChI is InChI=1S/C32H20N4OS.Pt/c1-3-15-29-27(13-1)32(31-17-5-6-18-33-31,28-14-2-4-16-30(28)38-29)23-9-7-11-25(21-23)37-26-12-8-10-24(22-26)36-20-19-34-35-36;/h1-20H;/q-2;+2. The molecule has 190 valence electrons. The van der Waals surface area contributed by atoms with Crippen molar-refractivity contribution in [2.45, 2.75) is 15.2 Å². The second kappa shape index (κ2) is 10.6. The van der Waals surface area contributed by atoms with E-state index in [-0.39, 0.29) is 21.1 Å². The average Bonchev–Trinajstić information content (AvgIpc) is 3.52. The Kier molecular flexibility index (Phi) is 6.90. The molecule has 7 heteroatoms. The van der Waals surface area contributed by atoms with E-state index in [1.54, 1.807) is 28.8 Å². The van der Waals surface area contributed by atoms with E-state index >= 15 is 0 Å². The first-order chi connectivity index (χ1) is 18.8. The molecular formula is C32H20N4OPtS. The van der Waals surface area contributed by atoms with E-state index in [1.807, 2.05) is 48.7 Å². The number of benzene rings is 4. The van der Waals surface area contributed by atoms with E-state index in [2.05, 4.69) is 83.1 Å². The van der Waals surface area contributed by atoms with Gasteiger partial charge in [-0.3, -0.25) is 4.98 Å². The molecule has 0 unspecified atom stereocenters. The summed E-state index contributed by atoms with van der Waals surface area (Å²) in [5.74, 6) is 1.16. The van der Waals surface area contributed by atoms with Crippen LogP contribution in [0.15, 0.2) is 132 Å². The van der Waals surface area contributed by atoms with Crippen LogP contribution in [0.3, 0.4) is 0 Å². The molecule has 0 amide bonds. The van der Waals surface area contributed by atoms with E-state index in [9.17, 15) is 0 Å². The molecule has 0 spiro atoms. The van der Waals surface area contributed by atoms with Crippen LogP contribution >= 0.6 is 11.8 Å². The van der Waals surface area contributed by atoms with Crippen molar-refractivity contribution >= 4 is 11.8 Å². The van der Waals surface area contributed by atoms with Gasteiger partial charge in [0.25, 0.3) is 0 Å². The summed E-state index contributed by atoms with van der Waals surface area (Å²) in [7, 11) is 0. The monoisotopic (exact) mass is 703 g/mol. The molecule has 4 aromatic carbocycles. The summed E-state index contributed by atoms with van der Waals surface area (Å²) in [5.41, 5.74) is 4.33. The first-order valence-corrected chi connectivity index (χ1v) is 13.0. The number of fused-ring (bicyclic) bond motifs is 2. The predicted molar refractivity (Wildman–Crippen MR) is 146 cm³/mol. The van der Waals surface area contributed by atoms with Crippen LogP contribution in [-0.2, 0) is 26.5 Å². The number of hydrogen-bond donors (Lipinski definition) is 0. The normalized spacial score (nSPS) is 13.0. The van der Waals surface area contributed by atoms with Crippen molar-refractivity contribution in [2.24, 2.45) is 0 Å². The smallest absolute Gasteiger partial charge is 0.509 e. The first kappa shape index (κ1) is 25.3. The van der Waals surface area contributed by atoms with Crippen LogP contribution in [0.25, 0.3) is 5.69 Å². The molecule has 0 saturated carbocycles. The van der Waals surface area contributed by atoms with Crippen molar-refractivity contribution in [1.82, 2.24) is 20.0 Å². The largest absolute Gasteiger partial charge is 2.00 e. The topological polar surface area (TPSA) is 52.8 Å². The van der Waals surface area contributed by atoms with Crippen LogP contribution < -0.4 is 4.74 Å². The fraction of sp³-hybridized carbons (Fsp3) is 0.0312. The number of aromatic nitrogens is 4. The minimum atomic E-state index is -0.661. The summed E-state index contributed by atoms with van der Waals surface area (Å²) >= 11 is 1.79. The third-order valence-corrected chi connectivity index (χ3v) is 7.82. The third-order valence-electron chi connectivity index (χ3n) is 6.67. The molecule has 5 nitrogen and oxygen atoms in total. The van der Waals surface area contributed by atoms with E-state index in [0.29, 0.717) is 11.5 Å². The zero-order valence-electron chi connectivity index (χ0n) is 20.5. The first-order valence-electron chi connectivity index (χ1n) is 12.2. The van der Waals surface area contributed by atoms with Crippen molar-refractivity contribution in [3.05, 3.63) is 156 Å². The molecule has 1 aliphatic heterocycles. The Labute approximate surface area is 245 Å². The summed E-state index contributed by atoms with van der Waals surface area (Å²) in [5, 5.41) is 7.95. The van der Waals surface area contributed by atoms with Crippen LogP contribution in [0, 0.1) is 12.1 Å². The van der Waals surface area contributed by atoms with E-state index < -0.39 is 5.41 Å². The molecule has 0 atom stereocenters. The molecule has 0 bridgehead atoms. The fourth-order valence-corrected chi connectivity index (χ4v) is 6.29.